The van der Waals surface area contributed by atoms with Gasteiger partial charge in [0.15, 0.2) is 0 Å². The second-order valence-corrected chi connectivity index (χ2v) is 17.9. The first-order valence-corrected chi connectivity index (χ1v) is 24.2. The molecule has 0 aromatic carbocycles. The van der Waals surface area contributed by atoms with Gasteiger partial charge >= 0.3 is 37.7 Å². The zero-order valence-corrected chi connectivity index (χ0v) is 38.6. The van der Waals surface area contributed by atoms with Gasteiger partial charge in [0.25, 0.3) is 0 Å². The molecule has 312 valence electrons. The van der Waals surface area contributed by atoms with E-state index in [1.807, 2.05) is 0 Å². The van der Waals surface area contributed by atoms with Gasteiger partial charge in [-0.2, -0.15) is 0 Å². The van der Waals surface area contributed by atoms with Gasteiger partial charge in [0, 0.05) is 51.5 Å². The van der Waals surface area contributed by atoms with Gasteiger partial charge in [-0.3, -0.25) is 9.59 Å². The SMILES string of the molecule is CCCCCCCCCCCCCCC(=O)N(C)CCCCS(=O)(=O)[O-].CCCCCCCCCCCCCCC(=O)N(C)CCCCS(=O)(=O)[O-].[Ca+2]. The van der Waals surface area contributed by atoms with Crippen LogP contribution in [0.25, 0.3) is 0 Å². The summed E-state index contributed by atoms with van der Waals surface area (Å²) in [6.45, 7) is 5.54. The van der Waals surface area contributed by atoms with E-state index in [9.17, 15) is 35.5 Å². The largest absolute Gasteiger partial charge is 2.00 e. The molecule has 0 saturated carbocycles. The van der Waals surface area contributed by atoms with Crippen LogP contribution >= 0.6 is 0 Å². The van der Waals surface area contributed by atoms with Crippen molar-refractivity contribution < 1.29 is 35.5 Å². The number of unbranched alkanes of at least 4 members (excludes halogenated alkanes) is 24. The molecule has 0 aliphatic carbocycles. The maximum absolute atomic E-state index is 12.0. The molecule has 0 atom stereocenters. The predicted octanol–water partition coefficient (Wildman–Crippen LogP) is 9.34. The third kappa shape index (κ3) is 48.1. The average molecular weight is 821 g/mol. The first-order chi connectivity index (χ1) is 24.7. The zero-order chi connectivity index (χ0) is 39.4. The average Bonchev–Trinajstić information content (AvgIpc) is 3.08. The maximum Gasteiger partial charge on any atom is 2.00 e. The van der Waals surface area contributed by atoms with Crippen molar-refractivity contribution in [2.75, 3.05) is 38.7 Å². The van der Waals surface area contributed by atoms with Crippen LogP contribution in [-0.2, 0) is 29.8 Å². The minimum atomic E-state index is -4.13. The van der Waals surface area contributed by atoms with E-state index < -0.39 is 20.2 Å². The summed E-state index contributed by atoms with van der Waals surface area (Å²) in [6.07, 6.45) is 33.6. The molecule has 13 heteroatoms. The molecule has 53 heavy (non-hydrogen) atoms. The fourth-order valence-corrected chi connectivity index (χ4v) is 7.24. The molecule has 0 radical (unpaired) electrons. The second kappa shape index (κ2) is 40.2. The van der Waals surface area contributed by atoms with E-state index in [-0.39, 0.29) is 61.1 Å². The van der Waals surface area contributed by atoms with E-state index in [0.717, 1.165) is 25.7 Å². The Morgan fingerprint density at radius 2 is 0.623 bits per heavy atom. The quantitative estimate of drug-likeness (QED) is 0.0344. The smallest absolute Gasteiger partial charge is 0.748 e. The van der Waals surface area contributed by atoms with Gasteiger partial charge < -0.3 is 18.9 Å². The fraction of sp³-hybridized carbons (Fsp3) is 0.950. The van der Waals surface area contributed by atoms with Gasteiger partial charge in [-0.1, -0.05) is 155 Å². The van der Waals surface area contributed by atoms with Crippen LogP contribution in [0.1, 0.15) is 206 Å². The molecule has 0 fully saturated rings. The van der Waals surface area contributed by atoms with Crippen LogP contribution in [-0.4, -0.2) is 124 Å². The van der Waals surface area contributed by atoms with Crippen molar-refractivity contribution in [2.24, 2.45) is 0 Å². The number of carbonyl (C=O) groups is 2. The molecule has 0 heterocycles. The summed E-state index contributed by atoms with van der Waals surface area (Å²) in [5.41, 5.74) is 0. The van der Waals surface area contributed by atoms with Crippen LogP contribution in [0.4, 0.5) is 0 Å². The van der Waals surface area contributed by atoms with Crippen molar-refractivity contribution in [3.05, 3.63) is 0 Å². The van der Waals surface area contributed by atoms with E-state index in [1.54, 1.807) is 23.9 Å². The molecule has 0 unspecified atom stereocenters. The molecule has 0 saturated heterocycles. The Morgan fingerprint density at radius 1 is 0.396 bits per heavy atom. The van der Waals surface area contributed by atoms with Crippen molar-refractivity contribution >= 4 is 69.8 Å². The summed E-state index contributed by atoms with van der Waals surface area (Å²) in [5, 5.41) is 0. The summed E-state index contributed by atoms with van der Waals surface area (Å²) >= 11 is 0. The Balaban J connectivity index is -0.000000926. The zero-order valence-electron chi connectivity index (χ0n) is 34.7. The maximum atomic E-state index is 12.0. The van der Waals surface area contributed by atoms with Crippen LogP contribution in [0.2, 0.25) is 0 Å². The van der Waals surface area contributed by atoms with Crippen molar-refractivity contribution in [1.29, 1.82) is 0 Å². The summed E-state index contributed by atoms with van der Waals surface area (Å²) < 4.78 is 63.1. The molecule has 0 spiro atoms. The van der Waals surface area contributed by atoms with Crippen LogP contribution in [0.3, 0.4) is 0 Å². The van der Waals surface area contributed by atoms with Crippen molar-refractivity contribution in [3.8, 4) is 0 Å². The topological polar surface area (TPSA) is 155 Å². The third-order valence-corrected chi connectivity index (χ3v) is 11.2. The summed E-state index contributed by atoms with van der Waals surface area (Å²) in [7, 11) is -4.77. The number of nitrogens with zero attached hydrogens (tertiary/aromatic N) is 2. The molecule has 10 nitrogen and oxygen atoms in total. The van der Waals surface area contributed by atoms with E-state index in [2.05, 4.69) is 13.8 Å². The monoisotopic (exact) mass is 820 g/mol. The van der Waals surface area contributed by atoms with E-state index in [4.69, 9.17) is 0 Å². The summed E-state index contributed by atoms with van der Waals surface area (Å²) in [6, 6.07) is 0. The molecule has 0 aliphatic rings. The number of carbonyl (C=O) groups excluding carboxylic acids is 2. The predicted molar refractivity (Wildman–Crippen MR) is 220 cm³/mol. The molecule has 0 rings (SSSR count). The van der Waals surface area contributed by atoms with Crippen LogP contribution < -0.4 is 0 Å². The molecule has 0 N–H and O–H groups in total. The number of hydrogen-bond donors (Lipinski definition) is 0. The van der Waals surface area contributed by atoms with Gasteiger partial charge in [-0.05, 0) is 38.5 Å². The van der Waals surface area contributed by atoms with E-state index in [1.165, 1.54) is 128 Å². The second-order valence-electron chi connectivity index (χ2n) is 14.8. The van der Waals surface area contributed by atoms with Gasteiger partial charge in [-0.15, -0.1) is 0 Å². The Morgan fingerprint density at radius 3 is 0.849 bits per heavy atom. The van der Waals surface area contributed by atoms with Crippen molar-refractivity contribution in [1.82, 2.24) is 9.80 Å². The molecule has 0 bridgehead atoms. The number of amides is 2. The van der Waals surface area contributed by atoms with E-state index in [0.29, 0.717) is 51.6 Å². The van der Waals surface area contributed by atoms with Gasteiger partial charge in [0.2, 0.25) is 11.8 Å². The molecular weight excluding hydrogens is 741 g/mol. The normalized spacial score (nSPS) is 11.4. The van der Waals surface area contributed by atoms with Crippen LogP contribution in [0, 0.1) is 0 Å². The molecule has 0 aromatic heterocycles. The minimum absolute atomic E-state index is 0. The Labute approximate surface area is 357 Å². The first-order valence-electron chi connectivity index (χ1n) is 21.1. The van der Waals surface area contributed by atoms with Crippen molar-refractivity contribution in [2.45, 2.75) is 206 Å². The van der Waals surface area contributed by atoms with Crippen LogP contribution in [0.15, 0.2) is 0 Å². The van der Waals surface area contributed by atoms with Crippen molar-refractivity contribution in [3.63, 3.8) is 0 Å². The molecule has 0 aromatic rings. The molecule has 0 aliphatic heterocycles. The van der Waals surface area contributed by atoms with Gasteiger partial charge in [-0.25, -0.2) is 16.8 Å². The Hall–Kier alpha value is 0.0197. The van der Waals surface area contributed by atoms with E-state index >= 15 is 0 Å². The Bertz CT molecular complexity index is 963. The number of rotatable bonds is 36. The fourth-order valence-electron chi connectivity index (χ4n) is 6.12. The van der Waals surface area contributed by atoms with Crippen LogP contribution in [0.5, 0.6) is 0 Å². The van der Waals surface area contributed by atoms with Gasteiger partial charge in [0.05, 0.1) is 20.2 Å². The first kappa shape index (κ1) is 57.3. The number of hydrogen-bond acceptors (Lipinski definition) is 8. The molecular formula is C40H80CaN2O8S2. The minimum Gasteiger partial charge on any atom is -0.748 e. The third-order valence-electron chi connectivity index (χ3n) is 9.62. The van der Waals surface area contributed by atoms with Gasteiger partial charge in [0.1, 0.15) is 0 Å². The Kier molecular flexibility index (Phi) is 43.5. The summed E-state index contributed by atoms with van der Waals surface area (Å²) in [5.74, 6) is -0.453. The standard InChI is InChI=1S/2C20H41NO4S.Ca/c2*1-3-4-5-6-7-8-9-10-11-12-13-14-17-20(22)21(2)18-15-16-19-26(23,24)25;/h2*3-19H2,1-2H3,(H,23,24,25);/q;;+2/p-2. The summed E-state index contributed by atoms with van der Waals surface area (Å²) in [4.78, 5) is 27.2. The molecule has 2 amide bonds.